The summed E-state index contributed by atoms with van der Waals surface area (Å²) in [5.41, 5.74) is 0.345. The number of nitrogens with zero attached hydrogens (tertiary/aromatic N) is 2. The molecule has 1 aliphatic rings. The molecule has 1 aliphatic heterocycles. The van der Waals surface area contributed by atoms with Gasteiger partial charge in [0.25, 0.3) is 5.91 Å². The van der Waals surface area contributed by atoms with Gasteiger partial charge in [-0.3, -0.25) is 9.69 Å². The average molecular weight is 503 g/mol. The maximum atomic E-state index is 14.2. The van der Waals surface area contributed by atoms with Crippen molar-refractivity contribution in [3.8, 4) is 0 Å². The lowest BCUT2D eigenvalue weighted by atomic mass is 10.1. The zero-order valence-corrected chi connectivity index (χ0v) is 19.2. The van der Waals surface area contributed by atoms with Gasteiger partial charge in [-0.05, 0) is 67.4 Å². The van der Waals surface area contributed by atoms with Crippen molar-refractivity contribution in [1.29, 1.82) is 0 Å². The summed E-state index contributed by atoms with van der Waals surface area (Å²) in [6.45, 7) is 2.12. The topological polar surface area (TPSA) is 52.6 Å². The van der Waals surface area contributed by atoms with Crippen molar-refractivity contribution in [3.63, 3.8) is 0 Å². The van der Waals surface area contributed by atoms with Crippen LogP contribution >= 0.6 is 0 Å². The van der Waals surface area contributed by atoms with Crippen molar-refractivity contribution in [1.82, 2.24) is 4.90 Å². The summed E-state index contributed by atoms with van der Waals surface area (Å²) < 4.78 is 66.8. The van der Waals surface area contributed by atoms with Gasteiger partial charge in [-0.1, -0.05) is 12.1 Å². The number of benzene rings is 3. The van der Waals surface area contributed by atoms with E-state index in [1.165, 1.54) is 15.9 Å². The highest BCUT2D eigenvalue weighted by molar-refractivity contribution is 6.07. The third-order valence-electron chi connectivity index (χ3n) is 5.89. The lowest BCUT2D eigenvalue weighted by molar-refractivity contribution is -0.137. The van der Waals surface area contributed by atoms with E-state index in [9.17, 15) is 31.5 Å². The number of rotatable bonds is 5. The highest BCUT2D eigenvalue weighted by Gasteiger charge is 2.31. The second-order valence-corrected chi connectivity index (χ2v) is 8.46. The number of carbonyl (C=O) groups excluding carboxylic acids is 2. The molecule has 0 radical (unpaired) electrons. The van der Waals surface area contributed by atoms with E-state index in [0.29, 0.717) is 25.2 Å². The fourth-order valence-electron chi connectivity index (χ4n) is 4.02. The van der Waals surface area contributed by atoms with Gasteiger partial charge in [0.1, 0.15) is 11.6 Å². The molecule has 36 heavy (non-hydrogen) atoms. The van der Waals surface area contributed by atoms with Gasteiger partial charge in [0.05, 0.1) is 23.5 Å². The van der Waals surface area contributed by atoms with Crippen molar-refractivity contribution in [2.75, 3.05) is 23.3 Å². The number of urea groups is 1. The predicted molar refractivity (Wildman–Crippen MR) is 125 cm³/mol. The maximum absolute atomic E-state index is 14.2. The molecule has 1 heterocycles. The number of nitrogens with one attached hydrogen (secondary N) is 1. The van der Waals surface area contributed by atoms with Crippen LogP contribution in [0.15, 0.2) is 60.7 Å². The lowest BCUT2D eigenvalue weighted by Crippen LogP contribution is -2.49. The molecule has 1 saturated heterocycles. The van der Waals surface area contributed by atoms with Crippen LogP contribution in [0, 0.1) is 18.6 Å². The van der Waals surface area contributed by atoms with Crippen LogP contribution in [0.5, 0.6) is 0 Å². The molecular formula is C26H22F5N3O2. The third-order valence-corrected chi connectivity index (χ3v) is 5.89. The molecule has 188 valence electrons. The molecule has 1 N–H and O–H groups in total. The van der Waals surface area contributed by atoms with Crippen molar-refractivity contribution in [2.24, 2.45) is 0 Å². The molecule has 3 aromatic rings. The van der Waals surface area contributed by atoms with Crippen LogP contribution in [0.3, 0.4) is 0 Å². The van der Waals surface area contributed by atoms with Crippen LogP contribution in [-0.4, -0.2) is 29.9 Å². The van der Waals surface area contributed by atoms with Crippen molar-refractivity contribution >= 4 is 23.3 Å². The lowest BCUT2D eigenvalue weighted by Gasteiger charge is -2.36. The van der Waals surface area contributed by atoms with Crippen LogP contribution in [0.25, 0.3) is 0 Å². The van der Waals surface area contributed by atoms with Crippen LogP contribution in [0.4, 0.5) is 38.1 Å². The summed E-state index contributed by atoms with van der Waals surface area (Å²) >= 11 is 0. The van der Waals surface area contributed by atoms with E-state index in [4.69, 9.17) is 0 Å². The smallest absolute Gasteiger partial charge is 0.320 e. The van der Waals surface area contributed by atoms with E-state index in [1.54, 1.807) is 25.1 Å². The Bertz CT molecular complexity index is 1270. The first-order valence-corrected chi connectivity index (χ1v) is 11.1. The number of alkyl halides is 3. The van der Waals surface area contributed by atoms with Gasteiger partial charge in [0.2, 0.25) is 0 Å². The first kappa shape index (κ1) is 25.2. The summed E-state index contributed by atoms with van der Waals surface area (Å²) in [5.74, 6) is -2.15. The molecular weight excluding hydrogens is 481 g/mol. The second kappa shape index (κ2) is 9.96. The molecule has 3 amide bonds. The van der Waals surface area contributed by atoms with Gasteiger partial charge in [0.15, 0.2) is 0 Å². The molecule has 3 aromatic carbocycles. The van der Waals surface area contributed by atoms with Gasteiger partial charge < -0.3 is 10.2 Å². The van der Waals surface area contributed by atoms with E-state index >= 15 is 0 Å². The summed E-state index contributed by atoms with van der Waals surface area (Å²) in [6, 6.07) is 11.8. The zero-order chi connectivity index (χ0) is 26.0. The van der Waals surface area contributed by atoms with E-state index in [-0.39, 0.29) is 23.4 Å². The van der Waals surface area contributed by atoms with Crippen LogP contribution < -0.4 is 10.2 Å². The molecule has 5 nitrogen and oxygen atoms in total. The molecule has 0 unspecified atom stereocenters. The van der Waals surface area contributed by atoms with Crippen LogP contribution in [0.2, 0.25) is 0 Å². The Morgan fingerprint density at radius 2 is 1.64 bits per heavy atom. The number of halogens is 5. The fraction of sp³-hybridized carbons (Fsp3) is 0.231. The SMILES string of the molecule is Cc1ccc(N2CCCN(Cc3c(F)cccc3F)C2=O)c(NC(=O)c2ccc(C(F)(F)F)cc2)c1. The number of hydrogen-bond donors (Lipinski definition) is 1. The molecule has 10 heteroatoms. The van der Waals surface area contributed by atoms with Gasteiger partial charge in [-0.2, -0.15) is 13.2 Å². The van der Waals surface area contributed by atoms with E-state index in [0.717, 1.165) is 42.0 Å². The number of carbonyl (C=O) groups is 2. The molecule has 0 spiro atoms. The van der Waals surface area contributed by atoms with Gasteiger partial charge in [0, 0.05) is 24.2 Å². The van der Waals surface area contributed by atoms with E-state index in [1.807, 2.05) is 0 Å². The quantitative estimate of drug-likeness (QED) is 0.411. The standard InChI is InChI=1S/C26H22F5N3O2/c1-16-6-11-23(22(14-16)32-24(35)17-7-9-18(10-8-17)26(29,30)31)34-13-3-12-33(25(34)36)15-19-20(27)4-2-5-21(19)28/h2,4-11,14H,3,12-13,15H2,1H3,(H,32,35). The summed E-state index contributed by atoms with van der Waals surface area (Å²) in [6.07, 6.45) is -4.01. The minimum absolute atomic E-state index is 0.0112. The Morgan fingerprint density at radius 3 is 2.28 bits per heavy atom. The first-order valence-electron chi connectivity index (χ1n) is 11.1. The largest absolute Gasteiger partial charge is 0.416 e. The monoisotopic (exact) mass is 503 g/mol. The Balaban J connectivity index is 1.57. The number of amides is 3. The van der Waals surface area contributed by atoms with Crippen molar-refractivity contribution in [3.05, 3.63) is 94.6 Å². The number of hydrogen-bond acceptors (Lipinski definition) is 2. The van der Waals surface area contributed by atoms with Crippen molar-refractivity contribution < 1.29 is 31.5 Å². The molecule has 4 rings (SSSR count). The fourth-order valence-corrected chi connectivity index (χ4v) is 4.02. The zero-order valence-electron chi connectivity index (χ0n) is 19.2. The minimum Gasteiger partial charge on any atom is -0.320 e. The van der Waals surface area contributed by atoms with Crippen molar-refractivity contribution in [2.45, 2.75) is 26.1 Å². The van der Waals surface area contributed by atoms with Gasteiger partial charge in [-0.25, -0.2) is 13.6 Å². The molecule has 0 aliphatic carbocycles. The van der Waals surface area contributed by atoms with Gasteiger partial charge in [-0.15, -0.1) is 0 Å². The highest BCUT2D eigenvalue weighted by Crippen LogP contribution is 2.32. The Labute approximate surface area is 204 Å². The van der Waals surface area contributed by atoms with Gasteiger partial charge >= 0.3 is 12.2 Å². The summed E-state index contributed by atoms with van der Waals surface area (Å²) in [7, 11) is 0. The normalized spacial score (nSPS) is 14.2. The molecule has 0 bridgehead atoms. The molecule has 0 aromatic heterocycles. The second-order valence-electron chi connectivity index (χ2n) is 8.46. The third kappa shape index (κ3) is 5.32. The van der Waals surface area contributed by atoms with E-state index < -0.39 is 35.3 Å². The molecule has 1 fully saturated rings. The Morgan fingerprint density at radius 1 is 0.972 bits per heavy atom. The van der Waals surface area contributed by atoms with Crippen LogP contribution in [0.1, 0.15) is 33.5 Å². The number of aryl methyl sites for hydroxylation is 1. The van der Waals surface area contributed by atoms with E-state index in [2.05, 4.69) is 5.32 Å². The minimum atomic E-state index is -4.52. The summed E-state index contributed by atoms with van der Waals surface area (Å²) in [4.78, 5) is 28.8. The first-order chi connectivity index (χ1) is 17.0. The highest BCUT2D eigenvalue weighted by atomic mass is 19.4. The average Bonchev–Trinajstić information content (AvgIpc) is 2.82. The van der Waals surface area contributed by atoms with Crippen LogP contribution in [-0.2, 0) is 12.7 Å². The Kier molecular flexibility index (Phi) is 6.96. The Hall–Kier alpha value is -3.95. The summed E-state index contributed by atoms with van der Waals surface area (Å²) in [5, 5.41) is 2.67. The molecule has 0 saturated carbocycles. The number of anilines is 2. The maximum Gasteiger partial charge on any atom is 0.416 e. The molecule has 0 atom stereocenters. The predicted octanol–water partition coefficient (Wildman–Crippen LogP) is 6.38.